The lowest BCUT2D eigenvalue weighted by molar-refractivity contribution is -0.140. The van der Waals surface area contributed by atoms with Crippen molar-refractivity contribution in [3.63, 3.8) is 0 Å². The van der Waals surface area contributed by atoms with Crippen molar-refractivity contribution in [1.82, 2.24) is 5.43 Å². The maximum atomic E-state index is 13.7. The van der Waals surface area contributed by atoms with Crippen LogP contribution in [-0.2, 0) is 6.18 Å². The number of hydrogen-bond donors (Lipinski definition) is 2. The molecule has 0 aliphatic heterocycles. The van der Waals surface area contributed by atoms with Crippen LogP contribution in [0.5, 0.6) is 0 Å². The number of rotatable bonds is 3. The predicted molar refractivity (Wildman–Crippen MR) is 79.7 cm³/mol. The lowest BCUT2D eigenvalue weighted by atomic mass is 9.98. The van der Waals surface area contributed by atoms with Crippen molar-refractivity contribution in [3.8, 4) is 0 Å². The number of nitrogens with two attached hydrogens (primary N) is 1. The van der Waals surface area contributed by atoms with E-state index in [2.05, 4.69) is 28.0 Å². The first-order chi connectivity index (χ1) is 9.84. The first-order valence-corrected chi connectivity index (χ1v) is 6.99. The molecule has 2 rings (SSSR count). The average Bonchev–Trinajstić information content (AvgIpc) is 2.40. The Morgan fingerprint density at radius 2 is 1.76 bits per heavy atom. The standard InChI is InChI=1S/C14H11F4IN2/c15-11-7-8(5-6-10(11)14(16,17)18)13(21-20)9-3-1-2-4-12(9)19/h1-7,13,21H,20H2. The van der Waals surface area contributed by atoms with Gasteiger partial charge in [-0.15, -0.1) is 0 Å². The molecule has 0 radical (unpaired) electrons. The highest BCUT2D eigenvalue weighted by molar-refractivity contribution is 14.1. The summed E-state index contributed by atoms with van der Waals surface area (Å²) in [5.41, 5.74) is 2.31. The van der Waals surface area contributed by atoms with E-state index in [9.17, 15) is 17.6 Å². The van der Waals surface area contributed by atoms with E-state index in [0.29, 0.717) is 5.56 Å². The number of nitrogens with one attached hydrogen (secondary N) is 1. The molecule has 3 N–H and O–H groups in total. The predicted octanol–water partition coefficient (Wildman–Crippen LogP) is 4.00. The van der Waals surface area contributed by atoms with Crippen LogP contribution in [0.2, 0.25) is 0 Å². The minimum atomic E-state index is -4.71. The van der Waals surface area contributed by atoms with Crippen molar-refractivity contribution in [3.05, 3.63) is 68.5 Å². The molecule has 0 bridgehead atoms. The Morgan fingerprint density at radius 3 is 2.29 bits per heavy atom. The van der Waals surface area contributed by atoms with Gasteiger partial charge >= 0.3 is 6.18 Å². The van der Waals surface area contributed by atoms with E-state index in [-0.39, 0.29) is 0 Å². The minimum absolute atomic E-state index is 0.326. The molecule has 0 aliphatic carbocycles. The van der Waals surface area contributed by atoms with E-state index in [1.54, 1.807) is 12.1 Å². The van der Waals surface area contributed by atoms with E-state index < -0.39 is 23.6 Å². The summed E-state index contributed by atoms with van der Waals surface area (Å²) in [6.45, 7) is 0. The molecule has 0 amide bonds. The Bertz CT molecular complexity index is 643. The molecule has 0 saturated heterocycles. The number of hydrogen-bond acceptors (Lipinski definition) is 2. The SMILES string of the molecule is NNC(c1ccc(C(F)(F)F)c(F)c1)c1ccccc1I. The van der Waals surface area contributed by atoms with Crippen molar-refractivity contribution >= 4 is 22.6 Å². The average molecular weight is 410 g/mol. The topological polar surface area (TPSA) is 38.0 Å². The van der Waals surface area contributed by atoms with Crippen molar-refractivity contribution in [2.75, 3.05) is 0 Å². The van der Waals surface area contributed by atoms with Gasteiger partial charge in [0.15, 0.2) is 0 Å². The van der Waals surface area contributed by atoms with Crippen LogP contribution in [0.25, 0.3) is 0 Å². The van der Waals surface area contributed by atoms with Gasteiger partial charge in [-0.25, -0.2) is 9.82 Å². The van der Waals surface area contributed by atoms with Crippen molar-refractivity contribution in [2.45, 2.75) is 12.2 Å². The lowest BCUT2D eigenvalue weighted by Gasteiger charge is -2.19. The molecule has 0 aromatic heterocycles. The Kier molecular flexibility index (Phi) is 4.84. The van der Waals surface area contributed by atoms with Crippen LogP contribution < -0.4 is 11.3 Å². The third-order valence-electron chi connectivity index (χ3n) is 3.01. The van der Waals surface area contributed by atoms with Crippen molar-refractivity contribution in [1.29, 1.82) is 0 Å². The summed E-state index contributed by atoms with van der Waals surface area (Å²) in [4.78, 5) is 0. The van der Waals surface area contributed by atoms with E-state index in [1.807, 2.05) is 12.1 Å². The van der Waals surface area contributed by atoms with Crippen LogP contribution in [0.3, 0.4) is 0 Å². The fourth-order valence-electron chi connectivity index (χ4n) is 2.02. The first-order valence-electron chi connectivity index (χ1n) is 5.91. The fourth-order valence-corrected chi connectivity index (χ4v) is 2.71. The monoisotopic (exact) mass is 410 g/mol. The van der Waals surface area contributed by atoms with Gasteiger partial charge in [-0.05, 0) is 51.9 Å². The van der Waals surface area contributed by atoms with Gasteiger partial charge in [-0.2, -0.15) is 13.2 Å². The molecule has 2 aromatic rings. The maximum Gasteiger partial charge on any atom is 0.419 e. The van der Waals surface area contributed by atoms with Crippen LogP contribution in [0.15, 0.2) is 42.5 Å². The Morgan fingerprint density at radius 1 is 1.10 bits per heavy atom. The number of halogens is 5. The summed E-state index contributed by atoms with van der Waals surface area (Å²) in [6, 6.07) is 9.44. The zero-order valence-corrected chi connectivity index (χ0v) is 12.7. The number of hydrazine groups is 1. The van der Waals surface area contributed by atoms with Gasteiger partial charge in [-0.3, -0.25) is 5.84 Å². The molecule has 21 heavy (non-hydrogen) atoms. The molecule has 112 valence electrons. The highest BCUT2D eigenvalue weighted by Gasteiger charge is 2.34. The van der Waals surface area contributed by atoms with Crippen LogP contribution in [0.4, 0.5) is 17.6 Å². The molecule has 0 spiro atoms. The molecule has 1 atom stereocenters. The van der Waals surface area contributed by atoms with Crippen LogP contribution in [0.1, 0.15) is 22.7 Å². The molecule has 2 nitrogen and oxygen atoms in total. The smallest absolute Gasteiger partial charge is 0.271 e. The Balaban J connectivity index is 2.45. The van der Waals surface area contributed by atoms with Crippen LogP contribution in [0, 0.1) is 9.39 Å². The highest BCUT2D eigenvalue weighted by Crippen LogP contribution is 2.33. The summed E-state index contributed by atoms with van der Waals surface area (Å²) in [5.74, 6) is 4.17. The quantitative estimate of drug-likeness (QED) is 0.348. The number of benzene rings is 2. The number of alkyl halides is 3. The molecule has 0 heterocycles. The minimum Gasteiger partial charge on any atom is -0.271 e. The molecular weight excluding hydrogens is 399 g/mol. The lowest BCUT2D eigenvalue weighted by Crippen LogP contribution is -2.29. The van der Waals surface area contributed by atoms with Gasteiger partial charge in [0.25, 0.3) is 0 Å². The Labute approximate surface area is 132 Å². The third-order valence-corrected chi connectivity index (χ3v) is 4.00. The second-order valence-electron chi connectivity index (χ2n) is 4.36. The van der Waals surface area contributed by atoms with Gasteiger partial charge in [0.05, 0.1) is 11.6 Å². The van der Waals surface area contributed by atoms with E-state index in [0.717, 1.165) is 21.3 Å². The zero-order chi connectivity index (χ0) is 15.6. The summed E-state index contributed by atoms with van der Waals surface area (Å²) >= 11 is 2.08. The summed E-state index contributed by atoms with van der Waals surface area (Å²) in [5, 5.41) is 0. The van der Waals surface area contributed by atoms with Crippen molar-refractivity contribution < 1.29 is 17.6 Å². The molecular formula is C14H11F4IN2. The van der Waals surface area contributed by atoms with E-state index >= 15 is 0 Å². The maximum absolute atomic E-state index is 13.7. The van der Waals surface area contributed by atoms with E-state index in [4.69, 9.17) is 5.84 Å². The van der Waals surface area contributed by atoms with Gasteiger partial charge in [0.1, 0.15) is 5.82 Å². The van der Waals surface area contributed by atoms with Gasteiger partial charge in [0.2, 0.25) is 0 Å². The third kappa shape index (κ3) is 3.53. The molecule has 0 saturated carbocycles. The van der Waals surface area contributed by atoms with Gasteiger partial charge < -0.3 is 0 Å². The molecule has 0 aliphatic rings. The second kappa shape index (κ2) is 6.29. The van der Waals surface area contributed by atoms with Crippen LogP contribution in [-0.4, -0.2) is 0 Å². The van der Waals surface area contributed by atoms with E-state index in [1.165, 1.54) is 6.07 Å². The summed E-state index contributed by atoms with van der Waals surface area (Å²) < 4.78 is 52.2. The Hall–Kier alpha value is -1.19. The van der Waals surface area contributed by atoms with Gasteiger partial charge in [0, 0.05) is 3.57 Å². The molecule has 7 heteroatoms. The summed E-state index contributed by atoms with van der Waals surface area (Å²) in [7, 11) is 0. The molecule has 2 aromatic carbocycles. The van der Waals surface area contributed by atoms with Gasteiger partial charge in [-0.1, -0.05) is 24.3 Å². The molecule has 0 fully saturated rings. The largest absolute Gasteiger partial charge is 0.419 e. The van der Waals surface area contributed by atoms with Crippen molar-refractivity contribution in [2.24, 2.45) is 5.84 Å². The highest BCUT2D eigenvalue weighted by atomic mass is 127. The second-order valence-corrected chi connectivity index (χ2v) is 5.52. The fraction of sp³-hybridized carbons (Fsp3) is 0.143. The zero-order valence-electron chi connectivity index (χ0n) is 10.6. The normalized spacial score (nSPS) is 13.2. The van der Waals surface area contributed by atoms with Crippen LogP contribution >= 0.6 is 22.6 Å². The first kappa shape index (κ1) is 16.2. The summed E-state index contributed by atoms with van der Waals surface area (Å²) in [6.07, 6.45) is -4.71. The molecule has 1 unspecified atom stereocenters.